The molecule has 0 spiro atoms. The molecule has 2 aromatic carbocycles. The number of amides is 1. The van der Waals surface area contributed by atoms with Crippen LogP contribution in [-0.4, -0.2) is 35.1 Å². The van der Waals surface area contributed by atoms with Crippen molar-refractivity contribution in [3.63, 3.8) is 0 Å². The lowest BCUT2D eigenvalue weighted by Gasteiger charge is -2.43. The number of hydrogen-bond donors (Lipinski definition) is 1. The molecule has 1 heterocycles. The van der Waals surface area contributed by atoms with Crippen LogP contribution in [0.4, 0.5) is 0 Å². The highest BCUT2D eigenvalue weighted by atomic mass is 16.5. The predicted octanol–water partition coefficient (Wildman–Crippen LogP) is 3.81. The van der Waals surface area contributed by atoms with Crippen LogP contribution in [0.25, 0.3) is 0 Å². The Morgan fingerprint density at radius 3 is 2.31 bits per heavy atom. The predicted molar refractivity (Wildman–Crippen MR) is 102 cm³/mol. The molecule has 26 heavy (non-hydrogen) atoms. The van der Waals surface area contributed by atoms with Gasteiger partial charge in [-0.15, -0.1) is 0 Å². The van der Waals surface area contributed by atoms with Crippen LogP contribution in [-0.2, 0) is 11.3 Å². The van der Waals surface area contributed by atoms with Gasteiger partial charge in [0, 0.05) is 12.1 Å². The van der Waals surface area contributed by atoms with Crippen LogP contribution in [0, 0.1) is 5.41 Å². The Hall–Kier alpha value is -2.17. The standard InChI is InChI=1S/C22H27NO3/c1-22(2,3)20-14-23(13-19(26-20)17-7-5-4-6-8-17)21(25)18-11-9-16(15-24)10-12-18/h4-12,19-20,24H,13-15H2,1-3H3/t19-,20+/m0/s1. The number of aliphatic hydroxyl groups is 1. The van der Waals surface area contributed by atoms with E-state index in [0.717, 1.165) is 11.1 Å². The normalized spacial score (nSPS) is 20.8. The number of ether oxygens (including phenoxy) is 1. The minimum atomic E-state index is -0.130. The summed E-state index contributed by atoms with van der Waals surface area (Å²) in [4.78, 5) is 15.0. The van der Waals surface area contributed by atoms with Gasteiger partial charge in [-0.25, -0.2) is 0 Å². The van der Waals surface area contributed by atoms with Gasteiger partial charge < -0.3 is 14.7 Å². The topological polar surface area (TPSA) is 49.8 Å². The number of carbonyl (C=O) groups is 1. The zero-order valence-corrected chi connectivity index (χ0v) is 15.7. The molecular weight excluding hydrogens is 326 g/mol. The summed E-state index contributed by atoms with van der Waals surface area (Å²) in [6, 6.07) is 17.2. The van der Waals surface area contributed by atoms with Crippen LogP contribution in [0.5, 0.6) is 0 Å². The van der Waals surface area contributed by atoms with Gasteiger partial charge in [-0.3, -0.25) is 4.79 Å². The molecule has 138 valence electrons. The molecule has 0 bridgehead atoms. The third kappa shape index (κ3) is 4.14. The van der Waals surface area contributed by atoms with Crippen molar-refractivity contribution >= 4 is 5.91 Å². The second kappa shape index (κ2) is 7.60. The quantitative estimate of drug-likeness (QED) is 0.913. The molecule has 2 aromatic rings. The van der Waals surface area contributed by atoms with Crippen LogP contribution in [0.3, 0.4) is 0 Å². The van der Waals surface area contributed by atoms with Crippen LogP contribution < -0.4 is 0 Å². The SMILES string of the molecule is CC(C)(C)[C@H]1CN(C(=O)c2ccc(CO)cc2)C[C@@H](c2ccccc2)O1. The highest BCUT2D eigenvalue weighted by Crippen LogP contribution is 2.34. The summed E-state index contributed by atoms with van der Waals surface area (Å²) in [6.07, 6.45) is -0.169. The van der Waals surface area contributed by atoms with Crippen molar-refractivity contribution in [3.05, 3.63) is 71.3 Å². The van der Waals surface area contributed by atoms with Crippen molar-refractivity contribution in [2.45, 2.75) is 39.6 Å². The zero-order valence-electron chi connectivity index (χ0n) is 15.7. The van der Waals surface area contributed by atoms with Crippen LogP contribution in [0.2, 0.25) is 0 Å². The van der Waals surface area contributed by atoms with Gasteiger partial charge >= 0.3 is 0 Å². The van der Waals surface area contributed by atoms with Crippen LogP contribution in [0.15, 0.2) is 54.6 Å². The molecule has 1 fully saturated rings. The summed E-state index contributed by atoms with van der Waals surface area (Å²) in [5.41, 5.74) is 2.48. The fourth-order valence-corrected chi connectivity index (χ4v) is 3.19. The van der Waals surface area contributed by atoms with Gasteiger partial charge in [0.2, 0.25) is 0 Å². The van der Waals surface area contributed by atoms with Crippen molar-refractivity contribution in [1.82, 2.24) is 4.90 Å². The Kier molecular flexibility index (Phi) is 5.44. The maximum absolute atomic E-state index is 13.1. The molecule has 1 N–H and O–H groups in total. The minimum Gasteiger partial charge on any atom is -0.392 e. The number of nitrogens with zero attached hydrogens (tertiary/aromatic N) is 1. The highest BCUT2D eigenvalue weighted by molar-refractivity contribution is 5.94. The Morgan fingerprint density at radius 2 is 1.73 bits per heavy atom. The van der Waals surface area contributed by atoms with Gasteiger partial charge in [-0.2, -0.15) is 0 Å². The fourth-order valence-electron chi connectivity index (χ4n) is 3.19. The van der Waals surface area contributed by atoms with E-state index >= 15 is 0 Å². The summed E-state index contributed by atoms with van der Waals surface area (Å²) in [5.74, 6) is 0.00738. The van der Waals surface area contributed by atoms with E-state index in [4.69, 9.17) is 4.74 Å². The Morgan fingerprint density at radius 1 is 1.08 bits per heavy atom. The van der Waals surface area contributed by atoms with Gasteiger partial charge in [-0.05, 0) is 28.7 Å². The third-order valence-electron chi connectivity index (χ3n) is 4.91. The second-order valence-corrected chi connectivity index (χ2v) is 7.96. The number of rotatable bonds is 3. The molecule has 1 aliphatic heterocycles. The Labute approximate surface area is 155 Å². The molecule has 0 saturated carbocycles. The van der Waals surface area contributed by atoms with Crippen molar-refractivity contribution in [1.29, 1.82) is 0 Å². The van der Waals surface area contributed by atoms with E-state index in [2.05, 4.69) is 32.9 Å². The maximum atomic E-state index is 13.1. The fraction of sp³-hybridized carbons (Fsp3) is 0.409. The van der Waals surface area contributed by atoms with E-state index in [9.17, 15) is 9.90 Å². The monoisotopic (exact) mass is 353 g/mol. The molecule has 3 rings (SSSR count). The molecule has 0 aliphatic carbocycles. The van der Waals surface area contributed by atoms with Crippen LogP contribution >= 0.6 is 0 Å². The first-order valence-corrected chi connectivity index (χ1v) is 9.08. The van der Waals surface area contributed by atoms with Crippen molar-refractivity contribution in [2.24, 2.45) is 5.41 Å². The summed E-state index contributed by atoms with van der Waals surface area (Å²) in [7, 11) is 0. The molecule has 4 nitrogen and oxygen atoms in total. The molecule has 2 atom stereocenters. The summed E-state index contributed by atoms with van der Waals surface area (Å²) < 4.78 is 6.36. The van der Waals surface area contributed by atoms with E-state index in [1.54, 1.807) is 24.3 Å². The molecule has 0 unspecified atom stereocenters. The first-order chi connectivity index (χ1) is 12.4. The smallest absolute Gasteiger partial charge is 0.254 e. The number of morpholine rings is 1. The molecule has 1 amide bonds. The van der Waals surface area contributed by atoms with Crippen LogP contribution in [0.1, 0.15) is 48.4 Å². The Bertz CT molecular complexity index is 734. The van der Waals surface area contributed by atoms with E-state index in [-0.39, 0.29) is 30.1 Å². The molecule has 0 radical (unpaired) electrons. The lowest BCUT2D eigenvalue weighted by atomic mass is 9.87. The van der Waals surface area contributed by atoms with Gasteiger partial charge in [0.15, 0.2) is 0 Å². The maximum Gasteiger partial charge on any atom is 0.254 e. The summed E-state index contributed by atoms with van der Waals surface area (Å²) >= 11 is 0. The zero-order chi connectivity index (χ0) is 18.7. The van der Waals surface area contributed by atoms with Gasteiger partial charge in [0.1, 0.15) is 6.10 Å². The van der Waals surface area contributed by atoms with Crippen molar-refractivity contribution in [2.75, 3.05) is 13.1 Å². The summed E-state index contributed by atoms with van der Waals surface area (Å²) in [5, 5.41) is 9.19. The van der Waals surface area contributed by atoms with Gasteiger partial charge in [0.05, 0.1) is 19.3 Å². The van der Waals surface area contributed by atoms with Gasteiger partial charge in [0.25, 0.3) is 5.91 Å². The number of benzene rings is 2. The summed E-state index contributed by atoms with van der Waals surface area (Å²) in [6.45, 7) is 7.52. The number of hydrogen-bond acceptors (Lipinski definition) is 3. The first kappa shape index (κ1) is 18.6. The average Bonchev–Trinajstić information content (AvgIpc) is 2.67. The third-order valence-corrected chi connectivity index (χ3v) is 4.91. The number of aliphatic hydroxyl groups excluding tert-OH is 1. The van der Waals surface area contributed by atoms with Crippen molar-refractivity contribution in [3.8, 4) is 0 Å². The van der Waals surface area contributed by atoms with Crippen molar-refractivity contribution < 1.29 is 14.6 Å². The van der Waals surface area contributed by atoms with E-state index in [1.165, 1.54) is 0 Å². The Balaban J connectivity index is 1.85. The molecular formula is C22H27NO3. The first-order valence-electron chi connectivity index (χ1n) is 9.08. The highest BCUT2D eigenvalue weighted by Gasteiger charge is 2.37. The lowest BCUT2D eigenvalue weighted by Crippen LogP contribution is -2.51. The molecule has 1 saturated heterocycles. The average molecular weight is 353 g/mol. The molecule has 1 aliphatic rings. The van der Waals surface area contributed by atoms with Gasteiger partial charge in [-0.1, -0.05) is 63.2 Å². The molecule has 0 aromatic heterocycles. The largest absolute Gasteiger partial charge is 0.392 e. The number of carbonyl (C=O) groups excluding carboxylic acids is 1. The second-order valence-electron chi connectivity index (χ2n) is 7.96. The molecule has 4 heteroatoms. The van der Waals surface area contributed by atoms with E-state index in [1.807, 2.05) is 23.1 Å². The van der Waals surface area contributed by atoms with E-state index in [0.29, 0.717) is 18.7 Å². The lowest BCUT2D eigenvalue weighted by molar-refractivity contribution is -0.119. The van der Waals surface area contributed by atoms with E-state index < -0.39 is 0 Å². The minimum absolute atomic E-state index is 0.00738.